The molecule has 8 heteroatoms. The Bertz CT molecular complexity index is 649. The molecule has 0 bridgehead atoms. The summed E-state index contributed by atoms with van der Waals surface area (Å²) in [7, 11) is -2.60. The number of halogens is 3. The van der Waals surface area contributed by atoms with Gasteiger partial charge in [-0.05, 0) is 20.8 Å². The molecule has 0 atom stereocenters. The zero-order valence-electron chi connectivity index (χ0n) is 13.9. The number of nitrogens with one attached hydrogen (secondary N) is 1. The molecule has 0 saturated heterocycles. The van der Waals surface area contributed by atoms with Gasteiger partial charge in [0, 0.05) is 5.19 Å². The van der Waals surface area contributed by atoms with Gasteiger partial charge in [-0.3, -0.25) is 10.1 Å². The van der Waals surface area contributed by atoms with Gasteiger partial charge in [0.05, 0.1) is 19.3 Å². The van der Waals surface area contributed by atoms with Gasteiger partial charge in [0.2, 0.25) is 0 Å². The first-order valence-electron chi connectivity index (χ1n) is 6.95. The monoisotopic (exact) mass is 347 g/mol. The summed E-state index contributed by atoms with van der Waals surface area (Å²) >= 11 is 0. The Labute approximate surface area is 134 Å². The molecule has 0 saturated carbocycles. The third-order valence-corrected chi connectivity index (χ3v) is 4.79. The van der Waals surface area contributed by atoms with Crippen LogP contribution in [0.25, 0.3) is 0 Å². The van der Waals surface area contributed by atoms with Gasteiger partial charge in [-0.25, -0.2) is 18.0 Å². The van der Waals surface area contributed by atoms with Gasteiger partial charge in [0.15, 0.2) is 17.9 Å². The number of hydrogen-bond donors (Lipinski definition) is 1. The summed E-state index contributed by atoms with van der Waals surface area (Å²) in [5.74, 6) is -4.01. The Morgan fingerprint density at radius 1 is 1.09 bits per heavy atom. The molecule has 0 fully saturated rings. The molecule has 0 aliphatic carbocycles. The van der Waals surface area contributed by atoms with Gasteiger partial charge in [-0.2, -0.15) is 0 Å². The minimum atomic E-state index is -2.60. The maximum atomic E-state index is 14.5. The maximum Gasteiger partial charge on any atom is 0.412 e. The predicted molar refractivity (Wildman–Crippen MR) is 84.5 cm³/mol. The molecule has 0 aromatic heterocycles. The minimum Gasteiger partial charge on any atom is -0.444 e. The SMILES string of the molecule is CC(C)(C)OC(=O)Nc1c(F)c(F)c([Si](C)(C)C)c(F)c1C=O. The number of hydrogen-bond acceptors (Lipinski definition) is 3. The van der Waals surface area contributed by atoms with Crippen molar-refractivity contribution < 1.29 is 27.5 Å². The predicted octanol–water partition coefficient (Wildman–Crippen LogP) is 3.81. The van der Waals surface area contributed by atoms with Crippen LogP contribution in [0.15, 0.2) is 0 Å². The Balaban J connectivity index is 3.46. The lowest BCUT2D eigenvalue weighted by Gasteiger charge is -2.23. The molecule has 4 nitrogen and oxygen atoms in total. The molecule has 1 aromatic carbocycles. The van der Waals surface area contributed by atoms with Gasteiger partial charge in [-0.15, -0.1) is 0 Å². The zero-order valence-corrected chi connectivity index (χ0v) is 14.9. The highest BCUT2D eigenvalue weighted by molar-refractivity contribution is 6.88. The summed E-state index contributed by atoms with van der Waals surface area (Å²) in [4.78, 5) is 22.9. The summed E-state index contributed by atoms with van der Waals surface area (Å²) in [5, 5.41) is 1.49. The van der Waals surface area contributed by atoms with Crippen molar-refractivity contribution in [1.82, 2.24) is 0 Å². The van der Waals surface area contributed by atoms with Crippen LogP contribution in [0.3, 0.4) is 0 Å². The van der Waals surface area contributed by atoms with Crippen molar-refractivity contribution in [2.24, 2.45) is 0 Å². The molecule has 1 N–H and O–H groups in total. The molecule has 0 radical (unpaired) electrons. The van der Waals surface area contributed by atoms with E-state index in [0.717, 1.165) is 0 Å². The van der Waals surface area contributed by atoms with Crippen LogP contribution < -0.4 is 10.5 Å². The molecule has 0 heterocycles. The Kier molecular flexibility index (Phi) is 5.30. The summed E-state index contributed by atoms with van der Waals surface area (Å²) in [5.41, 5.74) is -2.48. The molecule has 1 amide bonds. The second kappa shape index (κ2) is 6.35. The van der Waals surface area contributed by atoms with Crippen molar-refractivity contribution in [2.75, 3.05) is 5.32 Å². The number of amides is 1. The second-order valence-electron chi connectivity index (χ2n) is 7.10. The fourth-order valence-electron chi connectivity index (χ4n) is 1.98. The standard InChI is InChI=1S/C15H20F3NO3Si/c1-15(2,3)22-14(21)19-12-8(7-20)9(16)13(23(4,5)6)11(18)10(12)17/h7H,1-6H3,(H,19,21). The van der Waals surface area contributed by atoms with Crippen LogP contribution in [0.2, 0.25) is 19.6 Å². The average Bonchev–Trinajstić information content (AvgIpc) is 2.32. The maximum absolute atomic E-state index is 14.5. The minimum absolute atomic E-state index is 0.0498. The van der Waals surface area contributed by atoms with E-state index < -0.39 is 53.7 Å². The number of ether oxygens (including phenoxy) is 1. The van der Waals surface area contributed by atoms with Gasteiger partial charge in [0.1, 0.15) is 11.4 Å². The van der Waals surface area contributed by atoms with Crippen molar-refractivity contribution in [3.8, 4) is 0 Å². The molecule has 1 aromatic rings. The largest absolute Gasteiger partial charge is 0.444 e. The molecule has 0 unspecified atom stereocenters. The third-order valence-electron chi connectivity index (χ3n) is 2.85. The first-order chi connectivity index (χ1) is 10.3. The van der Waals surface area contributed by atoms with Crippen LogP contribution >= 0.6 is 0 Å². The molecule has 0 spiro atoms. The van der Waals surface area contributed by atoms with Crippen molar-refractivity contribution in [1.29, 1.82) is 0 Å². The van der Waals surface area contributed by atoms with Crippen LogP contribution in [0.1, 0.15) is 31.1 Å². The van der Waals surface area contributed by atoms with E-state index in [1.807, 2.05) is 5.32 Å². The quantitative estimate of drug-likeness (QED) is 0.514. The van der Waals surface area contributed by atoms with Crippen LogP contribution in [-0.2, 0) is 4.74 Å². The fourth-order valence-corrected chi connectivity index (χ4v) is 3.54. The highest BCUT2D eigenvalue weighted by Crippen LogP contribution is 2.26. The van der Waals surface area contributed by atoms with E-state index in [2.05, 4.69) is 0 Å². The topological polar surface area (TPSA) is 55.4 Å². The van der Waals surface area contributed by atoms with Crippen LogP contribution in [0, 0.1) is 17.5 Å². The van der Waals surface area contributed by atoms with E-state index in [-0.39, 0.29) is 6.29 Å². The Morgan fingerprint density at radius 2 is 1.61 bits per heavy atom. The number of anilines is 1. The van der Waals surface area contributed by atoms with Crippen molar-refractivity contribution in [3.05, 3.63) is 23.0 Å². The van der Waals surface area contributed by atoms with E-state index >= 15 is 0 Å². The highest BCUT2D eigenvalue weighted by Gasteiger charge is 2.33. The lowest BCUT2D eigenvalue weighted by atomic mass is 10.1. The summed E-state index contributed by atoms with van der Waals surface area (Å²) in [6.45, 7) is 9.55. The molecule has 128 valence electrons. The van der Waals surface area contributed by atoms with Gasteiger partial charge >= 0.3 is 6.09 Å². The lowest BCUT2D eigenvalue weighted by molar-refractivity contribution is 0.0635. The highest BCUT2D eigenvalue weighted by atomic mass is 28.3. The fraction of sp³-hybridized carbons (Fsp3) is 0.467. The number of carbonyl (C=O) groups excluding carboxylic acids is 2. The Morgan fingerprint density at radius 3 is 2.00 bits per heavy atom. The normalized spacial score (nSPS) is 12.0. The van der Waals surface area contributed by atoms with Crippen molar-refractivity contribution >= 4 is 31.3 Å². The second-order valence-corrected chi connectivity index (χ2v) is 12.1. The van der Waals surface area contributed by atoms with Gasteiger partial charge in [-0.1, -0.05) is 19.6 Å². The van der Waals surface area contributed by atoms with E-state index in [0.29, 0.717) is 0 Å². The van der Waals surface area contributed by atoms with E-state index in [1.54, 1.807) is 40.4 Å². The zero-order chi connectivity index (χ0) is 18.2. The van der Waals surface area contributed by atoms with E-state index in [9.17, 15) is 22.8 Å². The van der Waals surface area contributed by atoms with E-state index in [1.165, 1.54) is 0 Å². The molecular formula is C15H20F3NO3Si. The first-order valence-corrected chi connectivity index (χ1v) is 10.5. The summed E-state index contributed by atoms with van der Waals surface area (Å²) < 4.78 is 47.9. The van der Waals surface area contributed by atoms with E-state index in [4.69, 9.17) is 4.74 Å². The van der Waals surface area contributed by atoms with Crippen molar-refractivity contribution in [3.63, 3.8) is 0 Å². The Hall–Kier alpha value is -1.83. The molecule has 0 aliphatic rings. The number of benzene rings is 1. The summed E-state index contributed by atoms with van der Waals surface area (Å²) in [6.07, 6.45) is -1.06. The summed E-state index contributed by atoms with van der Waals surface area (Å²) in [6, 6.07) is 0. The molecule has 1 rings (SSSR count). The molecule has 0 aliphatic heterocycles. The number of aldehydes is 1. The van der Waals surface area contributed by atoms with Crippen LogP contribution in [0.5, 0.6) is 0 Å². The smallest absolute Gasteiger partial charge is 0.412 e. The molecule has 23 heavy (non-hydrogen) atoms. The third kappa shape index (κ3) is 4.34. The molecular weight excluding hydrogens is 327 g/mol. The first kappa shape index (κ1) is 19.2. The number of carbonyl (C=O) groups is 2. The van der Waals surface area contributed by atoms with Crippen LogP contribution in [-0.4, -0.2) is 26.1 Å². The lowest BCUT2D eigenvalue weighted by Crippen LogP contribution is -2.44. The van der Waals surface area contributed by atoms with Crippen molar-refractivity contribution in [2.45, 2.75) is 46.0 Å². The van der Waals surface area contributed by atoms with Crippen LogP contribution in [0.4, 0.5) is 23.7 Å². The van der Waals surface area contributed by atoms with Gasteiger partial charge < -0.3 is 4.74 Å². The number of rotatable bonds is 3. The average molecular weight is 347 g/mol. The van der Waals surface area contributed by atoms with Gasteiger partial charge in [0.25, 0.3) is 0 Å².